The second-order valence-electron chi connectivity index (χ2n) is 3.35. The van der Waals surface area contributed by atoms with E-state index in [1.54, 1.807) is 13.0 Å². The maximum absolute atomic E-state index is 11.3. The molecule has 1 rings (SSSR count). The van der Waals surface area contributed by atoms with Crippen LogP contribution in [0.2, 0.25) is 0 Å². The Hall–Kier alpha value is -1.09. The summed E-state index contributed by atoms with van der Waals surface area (Å²) in [5.41, 5.74) is 2.45. The van der Waals surface area contributed by atoms with Crippen LogP contribution in [0.3, 0.4) is 0 Å². The molecule has 4 heteroatoms. The molecule has 0 aliphatic rings. The number of nitrogens with zero attached hydrogens (tertiary/aromatic N) is 1. The molecule has 0 N–H and O–H groups in total. The second kappa shape index (κ2) is 5.85. The van der Waals surface area contributed by atoms with Gasteiger partial charge in [0.1, 0.15) is 0 Å². The Bertz CT molecular complexity index is 449. The van der Waals surface area contributed by atoms with Crippen LogP contribution in [0.15, 0.2) is 12.1 Å². The lowest BCUT2D eigenvalue weighted by Gasteiger charge is -2.07. The lowest BCUT2D eigenvalue weighted by molar-refractivity contribution is -0.142. The van der Waals surface area contributed by atoms with Crippen LogP contribution in [-0.4, -0.2) is 12.6 Å². The summed E-state index contributed by atoms with van der Waals surface area (Å²) in [5.74, 6) is -0.232. The highest BCUT2D eigenvalue weighted by atomic mass is 127. The fourth-order valence-corrected chi connectivity index (χ4v) is 2.02. The van der Waals surface area contributed by atoms with E-state index in [2.05, 4.69) is 28.7 Å². The van der Waals surface area contributed by atoms with Gasteiger partial charge in [-0.3, -0.25) is 4.79 Å². The van der Waals surface area contributed by atoms with E-state index in [0.717, 1.165) is 14.7 Å². The van der Waals surface area contributed by atoms with Crippen molar-refractivity contribution in [1.82, 2.24) is 0 Å². The predicted octanol–water partition coefficient (Wildman–Crippen LogP) is 2.58. The number of ether oxygens (including phenoxy) is 1. The molecule has 0 unspecified atom stereocenters. The van der Waals surface area contributed by atoms with Gasteiger partial charge >= 0.3 is 5.97 Å². The molecule has 16 heavy (non-hydrogen) atoms. The lowest BCUT2D eigenvalue weighted by atomic mass is 10.0. The van der Waals surface area contributed by atoms with Crippen molar-refractivity contribution < 1.29 is 9.53 Å². The van der Waals surface area contributed by atoms with Crippen molar-refractivity contribution in [3.63, 3.8) is 0 Å². The largest absolute Gasteiger partial charge is 0.466 e. The van der Waals surface area contributed by atoms with Gasteiger partial charge in [-0.1, -0.05) is 6.07 Å². The summed E-state index contributed by atoms with van der Waals surface area (Å²) in [5, 5.41) is 8.85. The molecule has 1 aromatic rings. The van der Waals surface area contributed by atoms with Crippen molar-refractivity contribution in [3.8, 4) is 6.07 Å². The number of carbonyl (C=O) groups is 1. The number of nitriles is 1. The molecule has 1 aromatic carbocycles. The summed E-state index contributed by atoms with van der Waals surface area (Å²) in [6, 6.07) is 5.79. The van der Waals surface area contributed by atoms with Crippen LogP contribution < -0.4 is 0 Å². The van der Waals surface area contributed by atoms with Gasteiger partial charge < -0.3 is 4.74 Å². The van der Waals surface area contributed by atoms with Gasteiger partial charge in [0.25, 0.3) is 0 Å². The number of hydrogen-bond donors (Lipinski definition) is 0. The maximum Gasteiger partial charge on any atom is 0.310 e. The number of carbonyl (C=O) groups excluding carboxylic acids is 1. The van der Waals surface area contributed by atoms with Crippen LogP contribution in [0.1, 0.15) is 23.6 Å². The molecule has 0 heterocycles. The SMILES string of the molecule is CCOC(=O)Cc1cc(C)c(C#N)cc1I. The van der Waals surface area contributed by atoms with E-state index in [4.69, 9.17) is 10.00 Å². The van der Waals surface area contributed by atoms with Gasteiger partial charge in [-0.05, 0) is 53.6 Å². The molecule has 0 saturated carbocycles. The first-order valence-corrected chi connectivity index (χ1v) is 6.01. The summed E-state index contributed by atoms with van der Waals surface area (Å²) in [6.07, 6.45) is 0.263. The molecule has 0 aliphatic heterocycles. The third-order valence-corrected chi connectivity index (χ3v) is 3.16. The van der Waals surface area contributed by atoms with Crippen molar-refractivity contribution in [3.05, 3.63) is 32.4 Å². The van der Waals surface area contributed by atoms with Gasteiger partial charge in [0.2, 0.25) is 0 Å². The highest BCUT2D eigenvalue weighted by Crippen LogP contribution is 2.19. The molecule has 0 radical (unpaired) electrons. The third-order valence-electron chi connectivity index (χ3n) is 2.15. The zero-order valence-corrected chi connectivity index (χ0v) is 11.4. The van der Waals surface area contributed by atoms with Crippen molar-refractivity contribution in [2.75, 3.05) is 6.61 Å². The van der Waals surface area contributed by atoms with Gasteiger partial charge in [0.05, 0.1) is 24.7 Å². The highest BCUT2D eigenvalue weighted by Gasteiger charge is 2.10. The van der Waals surface area contributed by atoms with E-state index in [1.165, 1.54) is 0 Å². The normalized spacial score (nSPS) is 9.62. The standard InChI is InChI=1S/C12H12INO2/c1-3-16-12(15)6-9-4-8(2)10(7-14)5-11(9)13/h4-5H,3,6H2,1-2H3. The van der Waals surface area contributed by atoms with Crippen LogP contribution in [0, 0.1) is 21.8 Å². The molecular weight excluding hydrogens is 317 g/mol. The first-order valence-electron chi connectivity index (χ1n) is 4.93. The van der Waals surface area contributed by atoms with Crippen LogP contribution in [0.5, 0.6) is 0 Å². The van der Waals surface area contributed by atoms with E-state index in [1.807, 2.05) is 13.0 Å². The Balaban J connectivity index is 2.95. The molecule has 0 spiro atoms. The van der Waals surface area contributed by atoms with Crippen LogP contribution in [0.4, 0.5) is 0 Å². The Morgan fingerprint density at radius 2 is 2.25 bits per heavy atom. The molecule has 0 amide bonds. The fraction of sp³-hybridized carbons (Fsp3) is 0.333. The summed E-state index contributed by atoms with van der Waals surface area (Å²) in [7, 11) is 0. The molecular formula is C12H12INO2. The van der Waals surface area contributed by atoms with E-state index in [9.17, 15) is 4.79 Å². The number of halogens is 1. The molecule has 0 fully saturated rings. The predicted molar refractivity (Wildman–Crippen MR) is 68.9 cm³/mol. The Labute approximate surface area is 109 Å². The number of rotatable bonds is 3. The Kier molecular flexibility index (Phi) is 4.74. The fourth-order valence-electron chi connectivity index (χ4n) is 1.36. The number of hydrogen-bond acceptors (Lipinski definition) is 3. The van der Waals surface area contributed by atoms with Crippen LogP contribution in [-0.2, 0) is 16.0 Å². The summed E-state index contributed by atoms with van der Waals surface area (Å²) in [6.45, 7) is 4.04. The average molecular weight is 329 g/mol. The topological polar surface area (TPSA) is 50.1 Å². The van der Waals surface area contributed by atoms with Gasteiger partial charge in [-0.2, -0.15) is 5.26 Å². The smallest absolute Gasteiger partial charge is 0.310 e. The number of benzene rings is 1. The molecule has 84 valence electrons. The van der Waals surface area contributed by atoms with Crippen LogP contribution >= 0.6 is 22.6 Å². The Morgan fingerprint density at radius 1 is 1.56 bits per heavy atom. The zero-order chi connectivity index (χ0) is 12.1. The molecule has 0 aliphatic carbocycles. The number of esters is 1. The average Bonchev–Trinajstić information content (AvgIpc) is 2.23. The summed E-state index contributed by atoms with van der Waals surface area (Å²) >= 11 is 2.13. The third kappa shape index (κ3) is 3.20. The minimum atomic E-state index is -0.232. The maximum atomic E-state index is 11.3. The highest BCUT2D eigenvalue weighted by molar-refractivity contribution is 14.1. The van der Waals surface area contributed by atoms with E-state index >= 15 is 0 Å². The quantitative estimate of drug-likeness (QED) is 0.633. The van der Waals surface area contributed by atoms with Crippen molar-refractivity contribution in [2.24, 2.45) is 0 Å². The van der Waals surface area contributed by atoms with Crippen molar-refractivity contribution in [2.45, 2.75) is 20.3 Å². The van der Waals surface area contributed by atoms with Crippen molar-refractivity contribution >= 4 is 28.6 Å². The zero-order valence-electron chi connectivity index (χ0n) is 9.21. The summed E-state index contributed by atoms with van der Waals surface area (Å²) in [4.78, 5) is 11.3. The molecule has 0 bridgehead atoms. The van der Waals surface area contributed by atoms with E-state index in [-0.39, 0.29) is 12.4 Å². The lowest BCUT2D eigenvalue weighted by Crippen LogP contribution is -2.09. The minimum Gasteiger partial charge on any atom is -0.466 e. The van der Waals surface area contributed by atoms with Gasteiger partial charge in [0, 0.05) is 3.57 Å². The van der Waals surface area contributed by atoms with Gasteiger partial charge in [-0.25, -0.2) is 0 Å². The van der Waals surface area contributed by atoms with Gasteiger partial charge in [-0.15, -0.1) is 0 Å². The number of aryl methyl sites for hydroxylation is 1. The molecule has 0 aromatic heterocycles. The molecule has 0 saturated heterocycles. The molecule has 3 nitrogen and oxygen atoms in total. The minimum absolute atomic E-state index is 0.232. The van der Waals surface area contributed by atoms with E-state index in [0.29, 0.717) is 12.2 Å². The summed E-state index contributed by atoms with van der Waals surface area (Å²) < 4.78 is 5.81. The van der Waals surface area contributed by atoms with Crippen LogP contribution in [0.25, 0.3) is 0 Å². The first-order chi connectivity index (χ1) is 7.58. The van der Waals surface area contributed by atoms with E-state index < -0.39 is 0 Å². The second-order valence-corrected chi connectivity index (χ2v) is 4.51. The Morgan fingerprint density at radius 3 is 2.81 bits per heavy atom. The monoisotopic (exact) mass is 329 g/mol. The molecule has 0 atom stereocenters. The van der Waals surface area contributed by atoms with Gasteiger partial charge in [0.15, 0.2) is 0 Å². The first kappa shape index (κ1) is 13.0. The van der Waals surface area contributed by atoms with Crippen molar-refractivity contribution in [1.29, 1.82) is 5.26 Å².